The van der Waals surface area contributed by atoms with Crippen LogP contribution in [-0.2, 0) is 23.7 Å². The molecule has 0 atom stereocenters. The average molecular weight is 292 g/mol. The topological polar surface area (TPSA) is 66.0 Å². The van der Waals surface area contributed by atoms with E-state index in [-0.39, 0.29) is 0 Å². The van der Waals surface area contributed by atoms with Crippen molar-refractivity contribution >= 4 is 10.1 Å². The molecule has 5 nitrogen and oxygen atoms in total. The number of nitrogens with zero attached hydrogens (tertiary/aromatic N) is 2. The highest BCUT2D eigenvalue weighted by molar-refractivity contribution is 7.86. The van der Waals surface area contributed by atoms with E-state index in [9.17, 15) is 30.5 Å². The van der Waals surface area contributed by atoms with Gasteiger partial charge in [0, 0.05) is 0 Å². The number of rotatable bonds is 3. The second kappa shape index (κ2) is 6.14. The summed E-state index contributed by atoms with van der Waals surface area (Å²) in [6.45, 7) is 3.18. The van der Waals surface area contributed by atoms with Crippen LogP contribution in [-0.4, -0.2) is 29.2 Å². The van der Waals surface area contributed by atoms with Crippen LogP contribution in [0.5, 0.6) is 0 Å². The van der Waals surface area contributed by atoms with Gasteiger partial charge in [0.25, 0.3) is 0 Å². The van der Waals surface area contributed by atoms with E-state index < -0.39 is 21.8 Å². The molecule has 0 amide bonds. The van der Waals surface area contributed by atoms with Gasteiger partial charge in [-0.2, -0.15) is 8.78 Å². The normalized spacial score (nSPS) is 12.2. The van der Waals surface area contributed by atoms with Crippen LogP contribution in [0.2, 0.25) is 0 Å². The van der Waals surface area contributed by atoms with Crippen LogP contribution in [0.15, 0.2) is 18.7 Å². The highest BCUT2D eigenvalue weighted by Crippen LogP contribution is 2.27. The van der Waals surface area contributed by atoms with E-state index >= 15 is 0 Å². The fourth-order valence-electron chi connectivity index (χ4n) is 0.798. The largest absolute Gasteiger partial charge is 0.743 e. The fourth-order valence-corrected chi connectivity index (χ4v) is 1.02. The molecular weight excluding hydrogens is 280 g/mol. The first-order valence-corrected chi connectivity index (χ1v) is 6.05. The smallest absolute Gasteiger partial charge is 0.393 e. The molecule has 0 fully saturated rings. The van der Waals surface area contributed by atoms with E-state index in [1.54, 1.807) is 0 Å². The van der Waals surface area contributed by atoms with Crippen molar-refractivity contribution in [1.82, 2.24) is 4.57 Å². The van der Waals surface area contributed by atoms with Gasteiger partial charge in [0.2, 0.25) is 6.33 Å². The molecule has 0 spiro atoms. The first-order valence-electron chi connectivity index (χ1n) is 4.64. The zero-order chi connectivity index (χ0) is 14.6. The highest BCUT2D eigenvalue weighted by atomic mass is 32.2. The molecule has 0 aliphatic rings. The van der Waals surface area contributed by atoms with Crippen LogP contribution in [0.25, 0.3) is 0 Å². The van der Waals surface area contributed by atoms with Crippen molar-refractivity contribution < 1.29 is 35.1 Å². The zero-order valence-electron chi connectivity index (χ0n) is 9.56. The number of aryl methyl sites for hydroxylation is 2. The molecule has 10 heteroatoms. The molecular formula is C8H12F4N2O3S. The molecule has 0 unspecified atom stereocenters. The van der Waals surface area contributed by atoms with E-state index in [4.69, 9.17) is 0 Å². The molecule has 1 aromatic heterocycles. The van der Waals surface area contributed by atoms with Gasteiger partial charge in [-0.15, -0.1) is 0 Å². The Labute approximate surface area is 101 Å². The lowest BCUT2D eigenvalue weighted by Gasteiger charge is -2.17. The molecule has 0 bridgehead atoms. The van der Waals surface area contributed by atoms with Gasteiger partial charge in [0.1, 0.15) is 12.4 Å². The van der Waals surface area contributed by atoms with Crippen LogP contribution in [0, 0.1) is 0 Å². The maximum atomic E-state index is 11.4. The fraction of sp³-hybridized carbons (Fsp3) is 0.625. The van der Waals surface area contributed by atoms with E-state index in [0.29, 0.717) is 0 Å². The second-order valence-electron chi connectivity index (χ2n) is 3.23. The number of alkyl halides is 4. The number of imidazole rings is 1. The Bertz CT molecular complexity index is 472. The van der Waals surface area contributed by atoms with Crippen LogP contribution < -0.4 is 4.57 Å². The van der Waals surface area contributed by atoms with Gasteiger partial charge < -0.3 is 4.55 Å². The maximum absolute atomic E-state index is 11.4. The number of hydrogen-bond donors (Lipinski definition) is 0. The Balaban J connectivity index is 0.000000327. The molecule has 1 heterocycles. The predicted molar refractivity (Wildman–Crippen MR) is 51.9 cm³/mol. The third-order valence-corrected chi connectivity index (χ3v) is 2.62. The third-order valence-electron chi connectivity index (χ3n) is 1.78. The van der Waals surface area contributed by atoms with Crippen LogP contribution in [0.1, 0.15) is 6.92 Å². The molecule has 0 aromatic carbocycles. The van der Waals surface area contributed by atoms with Crippen LogP contribution in [0.3, 0.4) is 0 Å². The van der Waals surface area contributed by atoms with Crippen molar-refractivity contribution in [3.05, 3.63) is 18.7 Å². The molecule has 0 saturated carbocycles. The predicted octanol–water partition coefficient (Wildman–Crippen LogP) is 0.722. The Morgan fingerprint density at radius 3 is 2.06 bits per heavy atom. The quantitative estimate of drug-likeness (QED) is 0.468. The Hall–Kier alpha value is -1.16. The van der Waals surface area contributed by atoms with Crippen molar-refractivity contribution in [2.45, 2.75) is 25.1 Å². The lowest BCUT2D eigenvalue weighted by Crippen LogP contribution is -2.36. The van der Waals surface area contributed by atoms with E-state index in [0.717, 1.165) is 6.54 Å². The first kappa shape index (κ1) is 16.8. The van der Waals surface area contributed by atoms with Gasteiger partial charge in [0.05, 0.1) is 13.6 Å². The summed E-state index contributed by atoms with van der Waals surface area (Å²) in [5, 5.41) is -5.48. The second-order valence-corrected chi connectivity index (χ2v) is 4.68. The van der Waals surface area contributed by atoms with Crippen molar-refractivity contribution in [2.75, 3.05) is 0 Å². The Kier molecular flexibility index (Phi) is 5.74. The SMILES string of the molecule is CCn1cc[n+](C)c1.O=S(=O)([O-])C(F)(F)C(F)F. The minimum atomic E-state index is -6.23. The summed E-state index contributed by atoms with van der Waals surface area (Å²) >= 11 is 0. The summed E-state index contributed by atoms with van der Waals surface area (Å²) in [5.41, 5.74) is 0. The molecule has 0 N–H and O–H groups in total. The summed E-state index contributed by atoms with van der Waals surface area (Å²) < 4.78 is 76.8. The summed E-state index contributed by atoms with van der Waals surface area (Å²) in [5.74, 6) is 0. The number of hydrogen-bond acceptors (Lipinski definition) is 3. The average Bonchev–Trinajstić information content (AvgIpc) is 2.63. The Morgan fingerprint density at radius 2 is 1.94 bits per heavy atom. The minimum Gasteiger partial charge on any atom is -0.743 e. The Morgan fingerprint density at radius 1 is 1.44 bits per heavy atom. The number of aromatic nitrogens is 2. The third kappa shape index (κ3) is 4.61. The van der Waals surface area contributed by atoms with E-state index in [2.05, 4.69) is 24.0 Å². The monoisotopic (exact) mass is 292 g/mol. The molecule has 18 heavy (non-hydrogen) atoms. The zero-order valence-corrected chi connectivity index (χ0v) is 10.4. The van der Waals surface area contributed by atoms with Gasteiger partial charge in [0.15, 0.2) is 10.1 Å². The maximum Gasteiger partial charge on any atom is 0.393 e. The van der Waals surface area contributed by atoms with Crippen molar-refractivity contribution in [3.8, 4) is 0 Å². The summed E-state index contributed by atoms with van der Waals surface area (Å²) in [6.07, 6.45) is 1.67. The van der Waals surface area contributed by atoms with Gasteiger partial charge in [-0.05, 0) is 6.92 Å². The van der Waals surface area contributed by atoms with Crippen molar-refractivity contribution in [2.24, 2.45) is 7.05 Å². The van der Waals surface area contributed by atoms with Crippen molar-refractivity contribution in [1.29, 1.82) is 0 Å². The van der Waals surface area contributed by atoms with Gasteiger partial charge >= 0.3 is 11.7 Å². The first-order chi connectivity index (χ1) is 8.02. The molecule has 0 aliphatic heterocycles. The van der Waals surface area contributed by atoms with Gasteiger partial charge in [-0.1, -0.05) is 0 Å². The molecule has 0 radical (unpaired) electrons. The summed E-state index contributed by atoms with van der Waals surface area (Å²) in [4.78, 5) is 0. The van der Waals surface area contributed by atoms with E-state index in [1.165, 1.54) is 0 Å². The molecule has 1 aromatic rings. The molecule has 1 rings (SSSR count). The van der Waals surface area contributed by atoms with Gasteiger partial charge in [-0.25, -0.2) is 26.3 Å². The minimum absolute atomic E-state index is 1.06. The van der Waals surface area contributed by atoms with Crippen LogP contribution >= 0.6 is 0 Å². The number of halogens is 4. The summed E-state index contributed by atoms with van der Waals surface area (Å²) in [7, 11) is -4.21. The molecule has 106 valence electrons. The van der Waals surface area contributed by atoms with Crippen LogP contribution in [0.4, 0.5) is 17.6 Å². The van der Waals surface area contributed by atoms with Crippen molar-refractivity contribution in [3.63, 3.8) is 0 Å². The lowest BCUT2D eigenvalue weighted by molar-refractivity contribution is -0.671. The lowest BCUT2D eigenvalue weighted by atomic mass is 10.7. The molecule has 0 saturated heterocycles. The standard InChI is InChI=1S/C6H11N2.C2H2F4O3S/c1-3-8-5-4-7(2)6-8;3-1(4)2(5,6)10(7,8)9/h4-6H,3H2,1-2H3;1H,(H,7,8,9)/q+1;/p-1. The van der Waals surface area contributed by atoms with E-state index in [1.807, 2.05) is 17.8 Å². The highest BCUT2D eigenvalue weighted by Gasteiger charge is 2.48. The molecule has 0 aliphatic carbocycles. The van der Waals surface area contributed by atoms with Gasteiger partial charge in [-0.3, -0.25) is 0 Å². The summed E-state index contributed by atoms with van der Waals surface area (Å²) in [6, 6.07) is 0.